The Balaban J connectivity index is 2.82. The molecule has 0 amide bonds. The Morgan fingerprint density at radius 2 is 2.35 bits per heavy atom. The van der Waals surface area contributed by atoms with Gasteiger partial charge in [0.1, 0.15) is 0 Å². The van der Waals surface area contributed by atoms with Gasteiger partial charge in [0.2, 0.25) is 5.88 Å². The Kier molecular flexibility index (Phi) is 4.75. The molecule has 0 aliphatic carbocycles. The molecule has 0 saturated heterocycles. The molecule has 1 heterocycles. The lowest BCUT2D eigenvalue weighted by Gasteiger charge is -2.25. The van der Waals surface area contributed by atoms with Crippen molar-refractivity contribution in [2.24, 2.45) is 5.92 Å². The van der Waals surface area contributed by atoms with Crippen molar-refractivity contribution in [3.63, 3.8) is 0 Å². The fraction of sp³-hybridized carbons (Fsp3) is 0.500. The van der Waals surface area contributed by atoms with E-state index in [9.17, 15) is 4.79 Å². The van der Waals surface area contributed by atoms with E-state index in [1.807, 2.05) is 17.9 Å². The number of rotatable bonds is 6. The topological polar surface area (TPSA) is 62.7 Å². The maximum atomic E-state index is 10.8. The maximum Gasteiger partial charge on any atom is 0.308 e. The number of nitrogens with zero attached hydrogens (tertiary/aromatic N) is 2. The summed E-state index contributed by atoms with van der Waals surface area (Å²) in [5.41, 5.74) is 0.924. The van der Waals surface area contributed by atoms with Gasteiger partial charge in [0.25, 0.3) is 0 Å². The van der Waals surface area contributed by atoms with Crippen molar-refractivity contribution < 1.29 is 14.6 Å². The van der Waals surface area contributed by atoms with Crippen LogP contribution in [0.1, 0.15) is 13.8 Å². The molecule has 0 radical (unpaired) electrons. The molecule has 5 nitrogen and oxygen atoms in total. The van der Waals surface area contributed by atoms with Crippen molar-refractivity contribution in [2.75, 3.05) is 25.1 Å². The smallest absolute Gasteiger partial charge is 0.308 e. The first-order valence-electron chi connectivity index (χ1n) is 5.56. The number of carboxylic acid groups (broad SMARTS) is 1. The van der Waals surface area contributed by atoms with Gasteiger partial charge in [0, 0.05) is 31.0 Å². The minimum atomic E-state index is -0.788. The van der Waals surface area contributed by atoms with Gasteiger partial charge in [0.05, 0.1) is 13.0 Å². The third-order valence-electron chi connectivity index (χ3n) is 2.59. The number of anilines is 1. The van der Waals surface area contributed by atoms with E-state index in [0.29, 0.717) is 12.4 Å². The molecular weight excluding hydrogens is 220 g/mol. The van der Waals surface area contributed by atoms with E-state index >= 15 is 0 Å². The molecule has 1 atom stereocenters. The standard InChI is InChI=1S/C12H18N2O3/c1-4-14(8-9(2)12(15)16)10-5-6-13-11(7-10)17-3/h5-7,9H,4,8H2,1-3H3,(H,15,16). The van der Waals surface area contributed by atoms with Gasteiger partial charge in [-0.15, -0.1) is 0 Å². The largest absolute Gasteiger partial charge is 0.481 e. The molecule has 0 aromatic carbocycles. The zero-order valence-corrected chi connectivity index (χ0v) is 10.4. The molecule has 94 valence electrons. The average molecular weight is 238 g/mol. The van der Waals surface area contributed by atoms with Crippen molar-refractivity contribution in [3.05, 3.63) is 18.3 Å². The summed E-state index contributed by atoms with van der Waals surface area (Å²) in [6.45, 7) is 4.90. The van der Waals surface area contributed by atoms with Crippen LogP contribution in [0.5, 0.6) is 5.88 Å². The molecule has 5 heteroatoms. The molecule has 0 bridgehead atoms. The number of carboxylic acids is 1. The van der Waals surface area contributed by atoms with Crippen LogP contribution in [0.15, 0.2) is 18.3 Å². The highest BCUT2D eigenvalue weighted by molar-refractivity contribution is 5.70. The molecule has 1 unspecified atom stereocenters. The van der Waals surface area contributed by atoms with Gasteiger partial charge < -0.3 is 14.7 Å². The highest BCUT2D eigenvalue weighted by atomic mass is 16.5. The molecular formula is C12H18N2O3. The number of carbonyl (C=O) groups is 1. The number of hydrogen-bond acceptors (Lipinski definition) is 4. The van der Waals surface area contributed by atoms with Crippen molar-refractivity contribution in [1.29, 1.82) is 0 Å². The van der Waals surface area contributed by atoms with Crippen LogP contribution in [0.3, 0.4) is 0 Å². The number of ether oxygens (including phenoxy) is 1. The first-order valence-corrected chi connectivity index (χ1v) is 5.56. The molecule has 1 aromatic rings. The number of pyridine rings is 1. The summed E-state index contributed by atoms with van der Waals surface area (Å²) in [7, 11) is 1.56. The molecule has 0 spiro atoms. The molecule has 1 rings (SSSR count). The van der Waals surface area contributed by atoms with Crippen molar-refractivity contribution in [1.82, 2.24) is 4.98 Å². The first-order chi connectivity index (χ1) is 8.08. The maximum absolute atomic E-state index is 10.8. The molecule has 1 aromatic heterocycles. The third kappa shape index (κ3) is 3.62. The van der Waals surface area contributed by atoms with E-state index in [-0.39, 0.29) is 0 Å². The van der Waals surface area contributed by atoms with Crippen LogP contribution in [-0.4, -0.2) is 36.3 Å². The lowest BCUT2D eigenvalue weighted by Crippen LogP contribution is -2.31. The Morgan fingerprint density at radius 1 is 1.65 bits per heavy atom. The fourth-order valence-corrected chi connectivity index (χ4v) is 1.53. The van der Waals surface area contributed by atoms with Gasteiger partial charge in [-0.2, -0.15) is 0 Å². The second-order valence-corrected chi connectivity index (χ2v) is 3.83. The zero-order chi connectivity index (χ0) is 12.8. The van der Waals surface area contributed by atoms with Crippen LogP contribution < -0.4 is 9.64 Å². The van der Waals surface area contributed by atoms with E-state index in [2.05, 4.69) is 4.98 Å². The summed E-state index contributed by atoms with van der Waals surface area (Å²) in [5, 5.41) is 8.91. The van der Waals surface area contributed by atoms with Crippen LogP contribution in [0, 0.1) is 5.92 Å². The molecule has 0 fully saturated rings. The van der Waals surface area contributed by atoms with Gasteiger partial charge >= 0.3 is 5.97 Å². The van der Waals surface area contributed by atoms with Crippen molar-refractivity contribution >= 4 is 11.7 Å². The number of aromatic nitrogens is 1. The Hall–Kier alpha value is -1.78. The summed E-state index contributed by atoms with van der Waals surface area (Å²) < 4.78 is 5.05. The number of hydrogen-bond donors (Lipinski definition) is 1. The summed E-state index contributed by atoms with van der Waals surface area (Å²) in [6.07, 6.45) is 1.66. The van der Waals surface area contributed by atoms with Crippen molar-refractivity contribution in [3.8, 4) is 5.88 Å². The summed E-state index contributed by atoms with van der Waals surface area (Å²) >= 11 is 0. The van der Waals surface area contributed by atoms with E-state index in [0.717, 1.165) is 12.2 Å². The van der Waals surface area contributed by atoms with E-state index in [1.165, 1.54) is 0 Å². The molecule has 17 heavy (non-hydrogen) atoms. The van der Waals surface area contributed by atoms with Crippen LogP contribution >= 0.6 is 0 Å². The van der Waals surface area contributed by atoms with Gasteiger partial charge in [-0.25, -0.2) is 4.98 Å². The highest BCUT2D eigenvalue weighted by Gasteiger charge is 2.15. The summed E-state index contributed by atoms with van der Waals surface area (Å²) in [6, 6.07) is 3.65. The van der Waals surface area contributed by atoms with Gasteiger partial charge in [-0.05, 0) is 13.0 Å². The second kappa shape index (κ2) is 6.08. The lowest BCUT2D eigenvalue weighted by molar-refractivity contribution is -0.140. The zero-order valence-electron chi connectivity index (χ0n) is 10.4. The SMILES string of the molecule is CCN(CC(C)C(=O)O)c1ccnc(OC)c1. The Bertz CT molecular complexity index is 382. The van der Waals surface area contributed by atoms with Crippen molar-refractivity contribution in [2.45, 2.75) is 13.8 Å². The quantitative estimate of drug-likeness (QED) is 0.816. The molecule has 0 aliphatic heterocycles. The highest BCUT2D eigenvalue weighted by Crippen LogP contribution is 2.19. The predicted octanol–water partition coefficient (Wildman–Crippen LogP) is 1.64. The minimum Gasteiger partial charge on any atom is -0.481 e. The van der Waals surface area contributed by atoms with E-state index < -0.39 is 11.9 Å². The predicted molar refractivity (Wildman–Crippen MR) is 65.5 cm³/mol. The third-order valence-corrected chi connectivity index (χ3v) is 2.59. The van der Waals surface area contributed by atoms with Crippen LogP contribution in [0.2, 0.25) is 0 Å². The van der Waals surface area contributed by atoms with E-state index in [1.54, 1.807) is 26.3 Å². The normalized spacial score (nSPS) is 11.9. The van der Waals surface area contributed by atoms with E-state index in [4.69, 9.17) is 9.84 Å². The van der Waals surface area contributed by atoms with Gasteiger partial charge in [0.15, 0.2) is 0 Å². The van der Waals surface area contributed by atoms with Gasteiger partial charge in [-0.3, -0.25) is 4.79 Å². The number of aliphatic carboxylic acids is 1. The number of methoxy groups -OCH3 is 1. The summed E-state index contributed by atoms with van der Waals surface area (Å²) in [5.74, 6) is -0.664. The average Bonchev–Trinajstić information content (AvgIpc) is 2.35. The van der Waals surface area contributed by atoms with Crippen LogP contribution in [-0.2, 0) is 4.79 Å². The molecule has 1 N–H and O–H groups in total. The fourth-order valence-electron chi connectivity index (χ4n) is 1.53. The Labute approximate surface area is 101 Å². The second-order valence-electron chi connectivity index (χ2n) is 3.83. The Morgan fingerprint density at radius 3 is 2.88 bits per heavy atom. The monoisotopic (exact) mass is 238 g/mol. The molecule has 0 aliphatic rings. The van der Waals surface area contributed by atoms with Crippen LogP contribution in [0.25, 0.3) is 0 Å². The lowest BCUT2D eigenvalue weighted by atomic mass is 10.1. The molecule has 0 saturated carbocycles. The first kappa shape index (κ1) is 13.3. The van der Waals surface area contributed by atoms with Crippen LogP contribution in [0.4, 0.5) is 5.69 Å². The minimum absolute atomic E-state index is 0.408. The summed E-state index contributed by atoms with van der Waals surface area (Å²) in [4.78, 5) is 16.9. The van der Waals surface area contributed by atoms with Gasteiger partial charge in [-0.1, -0.05) is 6.92 Å².